The quantitative estimate of drug-likeness (QED) is 0.710. The molecule has 0 aromatic rings. The van der Waals surface area contributed by atoms with Crippen molar-refractivity contribution in [1.29, 1.82) is 0 Å². The van der Waals surface area contributed by atoms with Crippen LogP contribution in [0.3, 0.4) is 0 Å². The first-order valence-corrected chi connectivity index (χ1v) is 4.83. The van der Waals surface area contributed by atoms with Crippen molar-refractivity contribution in [3.05, 3.63) is 0 Å². The van der Waals surface area contributed by atoms with E-state index in [9.17, 15) is 4.79 Å². The van der Waals surface area contributed by atoms with Crippen LogP contribution in [0.2, 0.25) is 0 Å². The van der Waals surface area contributed by atoms with Gasteiger partial charge >= 0.3 is 0 Å². The molecule has 0 aromatic carbocycles. The molecule has 4 heteroatoms. The Labute approximate surface area is 86.4 Å². The zero-order chi connectivity index (χ0) is 11.4. The van der Waals surface area contributed by atoms with Crippen LogP contribution in [-0.4, -0.2) is 43.2 Å². The normalized spacial score (nSPS) is 13.9. The minimum absolute atomic E-state index is 0.00890. The molecule has 0 rings (SSSR count). The Balaban J connectivity index is 4.08. The summed E-state index contributed by atoms with van der Waals surface area (Å²) in [5.74, 6) is 0.0640. The lowest BCUT2D eigenvalue weighted by Crippen LogP contribution is -2.40. The topological polar surface area (TPSA) is 55.6 Å². The van der Waals surface area contributed by atoms with Gasteiger partial charge in [0.15, 0.2) is 0 Å². The molecule has 1 amide bonds. The molecule has 1 unspecified atom stereocenters. The van der Waals surface area contributed by atoms with Crippen molar-refractivity contribution in [1.82, 2.24) is 4.90 Å². The van der Waals surface area contributed by atoms with Crippen LogP contribution < -0.4 is 5.73 Å². The summed E-state index contributed by atoms with van der Waals surface area (Å²) in [4.78, 5) is 13.3. The average Bonchev–Trinajstić information content (AvgIpc) is 2.02. The molecule has 14 heavy (non-hydrogen) atoms. The van der Waals surface area contributed by atoms with Gasteiger partial charge in [0, 0.05) is 26.7 Å². The molecule has 0 aliphatic carbocycles. The maximum absolute atomic E-state index is 11.6. The molecule has 1 atom stereocenters. The largest absolute Gasteiger partial charge is 0.378 e. The summed E-state index contributed by atoms with van der Waals surface area (Å²) in [6.07, 6.45) is 0.382. The molecule has 2 N–H and O–H groups in total. The Bertz CT molecular complexity index is 191. The van der Waals surface area contributed by atoms with Gasteiger partial charge in [-0.25, -0.2) is 0 Å². The van der Waals surface area contributed by atoms with E-state index in [2.05, 4.69) is 0 Å². The van der Waals surface area contributed by atoms with Crippen LogP contribution in [0, 0.1) is 0 Å². The second kappa shape index (κ2) is 5.32. The fraction of sp³-hybridized carbons (Fsp3) is 0.900. The van der Waals surface area contributed by atoms with Crippen LogP contribution in [0.5, 0.6) is 0 Å². The van der Waals surface area contributed by atoms with Crippen molar-refractivity contribution in [2.45, 2.75) is 38.8 Å². The summed E-state index contributed by atoms with van der Waals surface area (Å²) < 4.78 is 5.18. The minimum atomic E-state index is -0.400. The number of carbonyl (C=O) groups is 1. The van der Waals surface area contributed by atoms with E-state index in [0.29, 0.717) is 13.0 Å². The summed E-state index contributed by atoms with van der Waals surface area (Å²) >= 11 is 0. The molecule has 0 saturated heterocycles. The molecule has 0 aromatic heterocycles. The monoisotopic (exact) mass is 202 g/mol. The van der Waals surface area contributed by atoms with E-state index in [-0.39, 0.29) is 11.9 Å². The number of likely N-dealkylation sites (N-methyl/N-ethyl adjacent to an activating group) is 1. The highest BCUT2D eigenvalue weighted by Crippen LogP contribution is 2.14. The first-order valence-electron chi connectivity index (χ1n) is 4.83. The average molecular weight is 202 g/mol. The first kappa shape index (κ1) is 13.4. The van der Waals surface area contributed by atoms with Crippen molar-refractivity contribution in [2.24, 2.45) is 5.73 Å². The summed E-state index contributed by atoms with van der Waals surface area (Å²) in [7, 11) is 3.37. The molecule has 0 spiro atoms. The molecule has 0 fully saturated rings. The van der Waals surface area contributed by atoms with Gasteiger partial charge in [0.25, 0.3) is 0 Å². The van der Waals surface area contributed by atoms with Gasteiger partial charge in [0.2, 0.25) is 5.91 Å². The number of nitrogens with zero attached hydrogens (tertiary/aromatic N) is 1. The molecule has 0 saturated carbocycles. The number of hydrogen-bond acceptors (Lipinski definition) is 3. The van der Waals surface area contributed by atoms with Gasteiger partial charge in [-0.05, 0) is 20.8 Å². The molecule has 0 heterocycles. The van der Waals surface area contributed by atoms with E-state index in [1.807, 2.05) is 20.8 Å². The summed E-state index contributed by atoms with van der Waals surface area (Å²) in [5.41, 5.74) is 5.20. The van der Waals surface area contributed by atoms with E-state index < -0.39 is 5.60 Å². The molecule has 4 nitrogen and oxygen atoms in total. The van der Waals surface area contributed by atoms with Gasteiger partial charge in [-0.2, -0.15) is 0 Å². The van der Waals surface area contributed by atoms with E-state index in [0.717, 1.165) is 0 Å². The van der Waals surface area contributed by atoms with Gasteiger partial charge in [0.05, 0.1) is 12.0 Å². The zero-order valence-electron chi connectivity index (χ0n) is 9.83. The highest BCUT2D eigenvalue weighted by Gasteiger charge is 2.23. The van der Waals surface area contributed by atoms with E-state index >= 15 is 0 Å². The van der Waals surface area contributed by atoms with Crippen molar-refractivity contribution in [2.75, 3.05) is 20.7 Å². The molecule has 0 aliphatic heterocycles. The lowest BCUT2D eigenvalue weighted by atomic mass is 10.0. The predicted octanol–water partition coefficient (Wildman–Crippen LogP) is 0.607. The van der Waals surface area contributed by atoms with E-state index in [1.54, 1.807) is 19.1 Å². The van der Waals surface area contributed by atoms with Crippen LogP contribution in [-0.2, 0) is 9.53 Å². The number of methoxy groups -OCH3 is 1. The number of carbonyl (C=O) groups excluding carboxylic acids is 1. The van der Waals surface area contributed by atoms with Gasteiger partial charge in [-0.1, -0.05) is 0 Å². The van der Waals surface area contributed by atoms with E-state index in [4.69, 9.17) is 10.5 Å². The molecular formula is C10H22N2O2. The number of nitrogens with two attached hydrogens (primary N) is 1. The third-order valence-corrected chi connectivity index (χ3v) is 2.12. The Hall–Kier alpha value is -0.610. The Morgan fingerprint density at radius 3 is 2.43 bits per heavy atom. The molecule has 84 valence electrons. The van der Waals surface area contributed by atoms with Gasteiger partial charge in [0.1, 0.15) is 0 Å². The SMILES string of the molecule is COC(C)(C)CC(=O)N(C)CC(C)N. The lowest BCUT2D eigenvalue weighted by molar-refractivity contribution is -0.135. The van der Waals surface area contributed by atoms with E-state index in [1.165, 1.54) is 0 Å². The highest BCUT2D eigenvalue weighted by atomic mass is 16.5. The maximum atomic E-state index is 11.6. The Kier molecular flexibility index (Phi) is 5.08. The predicted molar refractivity (Wildman–Crippen MR) is 57.0 cm³/mol. The number of rotatable bonds is 5. The van der Waals surface area contributed by atoms with Crippen LogP contribution in [0.15, 0.2) is 0 Å². The summed E-state index contributed by atoms with van der Waals surface area (Å²) in [6, 6.07) is 0.00890. The van der Waals surface area contributed by atoms with Crippen LogP contribution >= 0.6 is 0 Å². The van der Waals surface area contributed by atoms with Crippen LogP contribution in [0.1, 0.15) is 27.2 Å². The number of ether oxygens (including phenoxy) is 1. The fourth-order valence-corrected chi connectivity index (χ4v) is 1.11. The molecular weight excluding hydrogens is 180 g/mol. The second-order valence-electron chi connectivity index (χ2n) is 4.39. The lowest BCUT2D eigenvalue weighted by Gasteiger charge is -2.26. The fourth-order valence-electron chi connectivity index (χ4n) is 1.11. The van der Waals surface area contributed by atoms with Crippen molar-refractivity contribution >= 4 is 5.91 Å². The highest BCUT2D eigenvalue weighted by molar-refractivity contribution is 5.76. The number of hydrogen-bond donors (Lipinski definition) is 1. The van der Waals surface area contributed by atoms with Crippen LogP contribution in [0.4, 0.5) is 0 Å². The van der Waals surface area contributed by atoms with Crippen molar-refractivity contribution in [3.63, 3.8) is 0 Å². The molecule has 0 aliphatic rings. The van der Waals surface area contributed by atoms with Crippen molar-refractivity contribution < 1.29 is 9.53 Å². The molecule has 0 bridgehead atoms. The summed E-state index contributed by atoms with van der Waals surface area (Å²) in [5, 5.41) is 0. The zero-order valence-corrected chi connectivity index (χ0v) is 9.83. The molecule has 0 radical (unpaired) electrons. The number of amides is 1. The van der Waals surface area contributed by atoms with Crippen LogP contribution in [0.25, 0.3) is 0 Å². The summed E-state index contributed by atoms with van der Waals surface area (Å²) in [6.45, 7) is 6.25. The smallest absolute Gasteiger partial charge is 0.225 e. The third-order valence-electron chi connectivity index (χ3n) is 2.12. The van der Waals surface area contributed by atoms with Gasteiger partial charge < -0.3 is 15.4 Å². The Morgan fingerprint density at radius 1 is 1.57 bits per heavy atom. The van der Waals surface area contributed by atoms with Crippen molar-refractivity contribution in [3.8, 4) is 0 Å². The van der Waals surface area contributed by atoms with Gasteiger partial charge in [-0.15, -0.1) is 0 Å². The Morgan fingerprint density at radius 2 is 2.07 bits per heavy atom. The minimum Gasteiger partial charge on any atom is -0.378 e. The second-order valence-corrected chi connectivity index (χ2v) is 4.39. The standard InChI is InChI=1S/C10H22N2O2/c1-8(11)7-12(4)9(13)6-10(2,3)14-5/h8H,6-7,11H2,1-5H3. The maximum Gasteiger partial charge on any atom is 0.225 e. The first-order chi connectivity index (χ1) is 6.28. The van der Waals surface area contributed by atoms with Gasteiger partial charge in [-0.3, -0.25) is 4.79 Å². The third kappa shape index (κ3) is 5.19.